The van der Waals surface area contributed by atoms with Crippen LogP contribution in [0.2, 0.25) is 0 Å². The van der Waals surface area contributed by atoms with Crippen LogP contribution in [-0.2, 0) is 0 Å². The summed E-state index contributed by atoms with van der Waals surface area (Å²) in [6, 6.07) is 5.74. The fourth-order valence-electron chi connectivity index (χ4n) is 3.93. The van der Waals surface area contributed by atoms with Crippen LogP contribution in [-0.4, -0.2) is 61.4 Å². The van der Waals surface area contributed by atoms with Crippen molar-refractivity contribution in [2.75, 3.05) is 27.3 Å². The molecule has 0 bridgehead atoms. The maximum atomic E-state index is 12.8. The molecule has 0 radical (unpaired) electrons. The first-order chi connectivity index (χ1) is 11.6. The van der Waals surface area contributed by atoms with Crippen molar-refractivity contribution in [2.24, 2.45) is 0 Å². The van der Waals surface area contributed by atoms with Gasteiger partial charge in [0.25, 0.3) is 5.91 Å². The molecule has 132 valence electrons. The Kier molecular flexibility index (Phi) is 5.26. The van der Waals surface area contributed by atoms with E-state index in [-0.39, 0.29) is 18.1 Å². The van der Waals surface area contributed by atoms with Gasteiger partial charge in [-0.05, 0) is 37.8 Å². The number of carbonyl (C=O) groups excluding carboxylic acids is 1. The number of para-hydroxylation sites is 1. The van der Waals surface area contributed by atoms with Gasteiger partial charge in [0.15, 0.2) is 11.5 Å². The molecule has 1 saturated carbocycles. The van der Waals surface area contributed by atoms with E-state index in [4.69, 9.17) is 9.47 Å². The highest BCUT2D eigenvalue weighted by molar-refractivity contribution is 5.98. The summed E-state index contributed by atoms with van der Waals surface area (Å²) in [6.07, 6.45) is 3.71. The van der Waals surface area contributed by atoms with E-state index in [2.05, 4.69) is 10.2 Å². The smallest absolute Gasteiger partial charge is 0.255 e. The van der Waals surface area contributed by atoms with Crippen LogP contribution >= 0.6 is 0 Å². The summed E-state index contributed by atoms with van der Waals surface area (Å²) in [4.78, 5) is 15.1. The Labute approximate surface area is 142 Å². The summed E-state index contributed by atoms with van der Waals surface area (Å²) < 4.78 is 10.6. The Morgan fingerprint density at radius 3 is 2.75 bits per heavy atom. The standard InChI is InChI=1S/C18H26N2O4/c1-23-16-8-3-5-13(17(16)24-2)18(22)19-14-6-4-7-15(14)20-10-9-12(21)11-20/h3,5,8,12,14-15,21H,4,6-7,9-11H2,1-2H3,(H,19,22)/t12?,14-,15+/m1/s1. The van der Waals surface area contributed by atoms with Crippen LogP contribution < -0.4 is 14.8 Å². The number of β-amino-alcohol motifs (C(OH)–C–C–N with tert-alkyl or cyclic N) is 1. The third-order valence-electron chi connectivity index (χ3n) is 5.11. The molecule has 3 rings (SSSR count). The lowest BCUT2D eigenvalue weighted by molar-refractivity contribution is 0.0902. The molecule has 0 spiro atoms. The minimum absolute atomic E-state index is 0.110. The molecule has 2 N–H and O–H groups in total. The molecule has 6 nitrogen and oxygen atoms in total. The van der Waals surface area contributed by atoms with Crippen LogP contribution in [0.3, 0.4) is 0 Å². The number of carbonyl (C=O) groups is 1. The molecular formula is C18H26N2O4. The minimum Gasteiger partial charge on any atom is -0.493 e. The third-order valence-corrected chi connectivity index (χ3v) is 5.11. The van der Waals surface area contributed by atoms with Crippen LogP contribution in [0.1, 0.15) is 36.0 Å². The first kappa shape index (κ1) is 17.0. The number of hydrogen-bond acceptors (Lipinski definition) is 5. The first-order valence-electron chi connectivity index (χ1n) is 8.58. The minimum atomic E-state index is -0.236. The largest absolute Gasteiger partial charge is 0.493 e. The van der Waals surface area contributed by atoms with Gasteiger partial charge in [0.2, 0.25) is 0 Å². The van der Waals surface area contributed by atoms with Crippen molar-refractivity contribution in [3.05, 3.63) is 23.8 Å². The number of amides is 1. The Hall–Kier alpha value is -1.79. The zero-order chi connectivity index (χ0) is 17.1. The van der Waals surface area contributed by atoms with Crippen LogP contribution in [0.4, 0.5) is 0 Å². The number of ether oxygens (including phenoxy) is 2. The van der Waals surface area contributed by atoms with Gasteiger partial charge in [0.1, 0.15) is 0 Å². The SMILES string of the molecule is COc1cccc(C(=O)N[C@@H]2CCC[C@@H]2N2CCC(O)C2)c1OC. The van der Waals surface area contributed by atoms with E-state index in [0.717, 1.165) is 32.2 Å². The van der Waals surface area contributed by atoms with E-state index < -0.39 is 0 Å². The van der Waals surface area contributed by atoms with Crippen LogP contribution in [0.5, 0.6) is 11.5 Å². The van der Waals surface area contributed by atoms with Gasteiger partial charge < -0.3 is 19.9 Å². The molecule has 1 unspecified atom stereocenters. The van der Waals surface area contributed by atoms with E-state index >= 15 is 0 Å². The van der Waals surface area contributed by atoms with Gasteiger partial charge in [-0.3, -0.25) is 9.69 Å². The molecule has 1 aromatic carbocycles. The summed E-state index contributed by atoms with van der Waals surface area (Å²) in [7, 11) is 3.10. The summed E-state index contributed by atoms with van der Waals surface area (Å²) in [6.45, 7) is 1.61. The van der Waals surface area contributed by atoms with Gasteiger partial charge in [-0.25, -0.2) is 0 Å². The Bertz CT molecular complexity index is 592. The molecule has 1 aliphatic heterocycles. The molecule has 6 heteroatoms. The monoisotopic (exact) mass is 334 g/mol. The summed E-state index contributed by atoms with van der Waals surface area (Å²) in [5, 5.41) is 12.9. The van der Waals surface area contributed by atoms with Crippen LogP contribution in [0.15, 0.2) is 18.2 Å². The molecular weight excluding hydrogens is 308 g/mol. The summed E-state index contributed by atoms with van der Waals surface area (Å²) in [5.74, 6) is 0.877. The van der Waals surface area contributed by atoms with Crippen molar-refractivity contribution in [3.63, 3.8) is 0 Å². The number of hydrogen-bond donors (Lipinski definition) is 2. The number of likely N-dealkylation sites (tertiary alicyclic amines) is 1. The molecule has 1 aliphatic carbocycles. The van der Waals surface area contributed by atoms with E-state index in [1.165, 1.54) is 0 Å². The molecule has 3 atom stereocenters. The summed E-state index contributed by atoms with van der Waals surface area (Å²) >= 11 is 0. The molecule has 0 aromatic heterocycles. The van der Waals surface area contributed by atoms with Gasteiger partial charge in [-0.15, -0.1) is 0 Å². The van der Waals surface area contributed by atoms with Crippen molar-refractivity contribution in [2.45, 2.75) is 43.9 Å². The molecule has 1 aromatic rings. The lowest BCUT2D eigenvalue weighted by Gasteiger charge is -2.30. The second-order valence-electron chi connectivity index (χ2n) is 6.56. The van der Waals surface area contributed by atoms with Gasteiger partial charge in [0.05, 0.1) is 25.9 Å². The van der Waals surface area contributed by atoms with Crippen molar-refractivity contribution >= 4 is 5.91 Å². The number of nitrogens with one attached hydrogen (secondary N) is 1. The average Bonchev–Trinajstić information content (AvgIpc) is 3.22. The Balaban J connectivity index is 1.72. The van der Waals surface area contributed by atoms with Gasteiger partial charge in [-0.1, -0.05) is 6.07 Å². The quantitative estimate of drug-likeness (QED) is 0.852. The van der Waals surface area contributed by atoms with Crippen LogP contribution in [0, 0.1) is 0 Å². The van der Waals surface area contributed by atoms with Crippen molar-refractivity contribution < 1.29 is 19.4 Å². The van der Waals surface area contributed by atoms with Crippen molar-refractivity contribution in [1.29, 1.82) is 0 Å². The predicted molar refractivity (Wildman–Crippen MR) is 90.6 cm³/mol. The zero-order valence-electron chi connectivity index (χ0n) is 14.3. The normalized spacial score (nSPS) is 27.2. The van der Waals surface area contributed by atoms with E-state index in [0.29, 0.717) is 29.6 Å². The lowest BCUT2D eigenvalue weighted by atomic mass is 10.1. The summed E-state index contributed by atoms with van der Waals surface area (Å²) in [5.41, 5.74) is 0.490. The Morgan fingerprint density at radius 1 is 1.25 bits per heavy atom. The number of rotatable bonds is 5. The third kappa shape index (κ3) is 3.35. The number of benzene rings is 1. The molecule has 2 fully saturated rings. The highest BCUT2D eigenvalue weighted by atomic mass is 16.5. The lowest BCUT2D eigenvalue weighted by Crippen LogP contribution is -2.48. The molecule has 1 saturated heterocycles. The number of aliphatic hydroxyl groups is 1. The molecule has 2 aliphatic rings. The fourth-order valence-corrected chi connectivity index (χ4v) is 3.93. The van der Waals surface area contributed by atoms with E-state index in [1.807, 2.05) is 0 Å². The molecule has 1 amide bonds. The van der Waals surface area contributed by atoms with Crippen LogP contribution in [0.25, 0.3) is 0 Å². The second kappa shape index (κ2) is 7.40. The number of methoxy groups -OCH3 is 2. The van der Waals surface area contributed by atoms with Gasteiger partial charge >= 0.3 is 0 Å². The highest BCUT2D eigenvalue weighted by Crippen LogP contribution is 2.32. The first-order valence-corrected chi connectivity index (χ1v) is 8.58. The average molecular weight is 334 g/mol. The zero-order valence-corrected chi connectivity index (χ0v) is 14.3. The van der Waals surface area contributed by atoms with E-state index in [9.17, 15) is 9.90 Å². The van der Waals surface area contributed by atoms with Crippen molar-refractivity contribution in [3.8, 4) is 11.5 Å². The van der Waals surface area contributed by atoms with Crippen molar-refractivity contribution in [1.82, 2.24) is 10.2 Å². The van der Waals surface area contributed by atoms with Gasteiger partial charge in [0, 0.05) is 25.2 Å². The number of nitrogens with zero attached hydrogens (tertiary/aromatic N) is 1. The highest BCUT2D eigenvalue weighted by Gasteiger charge is 2.36. The molecule has 24 heavy (non-hydrogen) atoms. The second-order valence-corrected chi connectivity index (χ2v) is 6.56. The molecule has 1 heterocycles. The van der Waals surface area contributed by atoms with E-state index in [1.54, 1.807) is 32.4 Å². The number of aliphatic hydroxyl groups excluding tert-OH is 1. The van der Waals surface area contributed by atoms with Gasteiger partial charge in [-0.2, -0.15) is 0 Å². The maximum absolute atomic E-state index is 12.8. The fraction of sp³-hybridized carbons (Fsp3) is 0.611. The predicted octanol–water partition coefficient (Wildman–Crippen LogP) is 1.42. The Morgan fingerprint density at radius 2 is 2.08 bits per heavy atom. The topological polar surface area (TPSA) is 71.0 Å². The maximum Gasteiger partial charge on any atom is 0.255 e.